The molecule has 2 amide bonds. The maximum Gasteiger partial charge on any atom is 0.326 e. The Kier molecular flexibility index (Phi) is 9.66. The molecular weight excluding hydrogens is 326 g/mol. The SMILES string of the molecule is CC(C)CC(N)C(O)C(=O)NC(C(=O)NC(C(=O)O)C(C)C)C(C)C. The molecular formula is C17H33N3O5. The van der Waals surface area contributed by atoms with Gasteiger partial charge in [-0.1, -0.05) is 41.5 Å². The van der Waals surface area contributed by atoms with E-state index in [0.717, 1.165) is 0 Å². The van der Waals surface area contributed by atoms with E-state index in [9.17, 15) is 24.6 Å². The highest BCUT2D eigenvalue weighted by molar-refractivity contribution is 5.91. The zero-order chi connectivity index (χ0) is 19.9. The Bertz CT molecular complexity index is 465. The number of rotatable bonds is 10. The Morgan fingerprint density at radius 3 is 1.68 bits per heavy atom. The zero-order valence-corrected chi connectivity index (χ0v) is 15.9. The van der Waals surface area contributed by atoms with E-state index in [4.69, 9.17) is 5.73 Å². The molecule has 0 saturated carbocycles. The number of aliphatic hydroxyl groups excluding tert-OH is 1. The summed E-state index contributed by atoms with van der Waals surface area (Å²) >= 11 is 0. The van der Waals surface area contributed by atoms with E-state index < -0.39 is 42.0 Å². The number of aliphatic carboxylic acids is 1. The van der Waals surface area contributed by atoms with Crippen molar-refractivity contribution in [2.45, 2.75) is 72.2 Å². The summed E-state index contributed by atoms with van der Waals surface area (Å²) in [6.07, 6.45) is -0.974. The van der Waals surface area contributed by atoms with Crippen molar-refractivity contribution < 1.29 is 24.6 Å². The summed E-state index contributed by atoms with van der Waals surface area (Å²) in [5.41, 5.74) is 5.82. The Morgan fingerprint density at radius 2 is 1.32 bits per heavy atom. The van der Waals surface area contributed by atoms with Gasteiger partial charge in [0.05, 0.1) is 0 Å². The lowest BCUT2D eigenvalue weighted by atomic mass is 9.97. The van der Waals surface area contributed by atoms with Crippen molar-refractivity contribution in [2.75, 3.05) is 0 Å². The number of nitrogens with one attached hydrogen (secondary N) is 2. The third kappa shape index (κ3) is 7.83. The highest BCUT2D eigenvalue weighted by atomic mass is 16.4. The number of carboxylic acid groups (broad SMARTS) is 1. The first-order chi connectivity index (χ1) is 11.4. The van der Waals surface area contributed by atoms with Gasteiger partial charge in [-0.2, -0.15) is 0 Å². The minimum atomic E-state index is -1.43. The van der Waals surface area contributed by atoms with E-state index in [1.807, 2.05) is 13.8 Å². The topological polar surface area (TPSA) is 142 Å². The van der Waals surface area contributed by atoms with Gasteiger partial charge in [0.25, 0.3) is 5.91 Å². The number of carboxylic acids is 1. The van der Waals surface area contributed by atoms with Gasteiger partial charge in [-0.25, -0.2) is 4.79 Å². The van der Waals surface area contributed by atoms with Crippen LogP contribution in [0.5, 0.6) is 0 Å². The highest BCUT2D eigenvalue weighted by Gasteiger charge is 2.32. The van der Waals surface area contributed by atoms with Gasteiger partial charge in [-0.3, -0.25) is 9.59 Å². The fourth-order valence-corrected chi connectivity index (χ4v) is 2.40. The normalized spacial score (nSPS) is 16.4. The molecule has 0 aromatic heterocycles. The van der Waals surface area contributed by atoms with E-state index in [1.165, 1.54) is 0 Å². The largest absolute Gasteiger partial charge is 0.480 e. The van der Waals surface area contributed by atoms with Gasteiger partial charge in [0, 0.05) is 6.04 Å². The predicted octanol–water partition coefficient (Wildman–Crippen LogP) is 0.0869. The van der Waals surface area contributed by atoms with E-state index in [-0.39, 0.29) is 17.8 Å². The summed E-state index contributed by atoms with van der Waals surface area (Å²) < 4.78 is 0. The number of carbonyl (C=O) groups excluding carboxylic acids is 2. The Labute approximate surface area is 149 Å². The van der Waals surface area contributed by atoms with Crippen LogP contribution in [0.3, 0.4) is 0 Å². The second kappa shape index (κ2) is 10.4. The molecule has 0 aliphatic heterocycles. The third-order valence-corrected chi connectivity index (χ3v) is 3.90. The fourth-order valence-electron chi connectivity index (χ4n) is 2.40. The van der Waals surface area contributed by atoms with Crippen molar-refractivity contribution in [2.24, 2.45) is 23.5 Å². The molecule has 0 aliphatic carbocycles. The van der Waals surface area contributed by atoms with Crippen LogP contribution >= 0.6 is 0 Å². The number of carbonyl (C=O) groups is 3. The molecule has 0 spiro atoms. The molecule has 8 nitrogen and oxygen atoms in total. The van der Waals surface area contributed by atoms with Gasteiger partial charge in [0.1, 0.15) is 18.2 Å². The van der Waals surface area contributed by atoms with Gasteiger partial charge in [0.15, 0.2) is 0 Å². The molecule has 6 N–H and O–H groups in total. The Hall–Kier alpha value is -1.67. The lowest BCUT2D eigenvalue weighted by molar-refractivity contribution is -0.144. The summed E-state index contributed by atoms with van der Waals surface area (Å²) in [4.78, 5) is 35.8. The molecule has 0 aliphatic rings. The predicted molar refractivity (Wildman–Crippen MR) is 94.6 cm³/mol. The van der Waals surface area contributed by atoms with Crippen LogP contribution in [-0.2, 0) is 14.4 Å². The lowest BCUT2D eigenvalue weighted by Gasteiger charge is -2.27. The highest BCUT2D eigenvalue weighted by Crippen LogP contribution is 2.09. The summed E-state index contributed by atoms with van der Waals surface area (Å²) in [7, 11) is 0. The first-order valence-corrected chi connectivity index (χ1v) is 8.65. The van der Waals surface area contributed by atoms with Crippen molar-refractivity contribution in [1.82, 2.24) is 10.6 Å². The minimum absolute atomic E-state index is 0.212. The first kappa shape index (κ1) is 23.3. The average Bonchev–Trinajstić information content (AvgIpc) is 2.46. The van der Waals surface area contributed by atoms with Crippen molar-refractivity contribution in [3.05, 3.63) is 0 Å². The zero-order valence-electron chi connectivity index (χ0n) is 15.9. The molecule has 0 aromatic rings. The minimum Gasteiger partial charge on any atom is -0.480 e. The molecule has 0 aromatic carbocycles. The van der Waals surface area contributed by atoms with Crippen molar-refractivity contribution in [3.63, 3.8) is 0 Å². The standard InChI is InChI=1S/C17H33N3O5/c1-8(2)7-11(18)14(21)16(23)19-12(9(3)4)15(22)20-13(10(5)6)17(24)25/h8-14,21H,7,18H2,1-6H3,(H,19,23)(H,20,22)(H,24,25). The van der Waals surface area contributed by atoms with Crippen LogP contribution in [0.15, 0.2) is 0 Å². The van der Waals surface area contributed by atoms with Gasteiger partial charge in [0.2, 0.25) is 5.91 Å². The van der Waals surface area contributed by atoms with Crippen LogP contribution in [0, 0.1) is 17.8 Å². The average molecular weight is 359 g/mol. The van der Waals surface area contributed by atoms with Crippen LogP contribution in [-0.4, -0.2) is 52.2 Å². The molecule has 0 saturated heterocycles. The van der Waals surface area contributed by atoms with E-state index >= 15 is 0 Å². The maximum absolute atomic E-state index is 12.4. The molecule has 146 valence electrons. The van der Waals surface area contributed by atoms with Crippen LogP contribution < -0.4 is 16.4 Å². The summed E-state index contributed by atoms with van der Waals surface area (Å²) in [6.45, 7) is 10.6. The number of hydrogen-bond acceptors (Lipinski definition) is 5. The second-order valence-corrected chi connectivity index (χ2v) is 7.54. The Morgan fingerprint density at radius 1 is 0.880 bits per heavy atom. The number of aliphatic hydroxyl groups is 1. The molecule has 0 radical (unpaired) electrons. The second-order valence-electron chi connectivity index (χ2n) is 7.54. The first-order valence-electron chi connectivity index (χ1n) is 8.65. The number of nitrogens with two attached hydrogens (primary N) is 1. The van der Waals surface area contributed by atoms with Crippen LogP contribution in [0.1, 0.15) is 48.0 Å². The molecule has 0 fully saturated rings. The third-order valence-electron chi connectivity index (χ3n) is 3.90. The summed E-state index contributed by atoms with van der Waals surface area (Å²) in [5, 5.41) is 24.1. The summed E-state index contributed by atoms with van der Waals surface area (Å²) in [6, 6.07) is -2.76. The van der Waals surface area contributed by atoms with E-state index in [1.54, 1.807) is 27.7 Å². The molecule has 4 unspecified atom stereocenters. The van der Waals surface area contributed by atoms with Crippen LogP contribution in [0.4, 0.5) is 0 Å². The van der Waals surface area contributed by atoms with Crippen molar-refractivity contribution in [3.8, 4) is 0 Å². The number of hydrogen-bond donors (Lipinski definition) is 5. The molecule has 0 heterocycles. The molecule has 0 rings (SSSR count). The van der Waals surface area contributed by atoms with Crippen molar-refractivity contribution in [1.29, 1.82) is 0 Å². The molecule has 25 heavy (non-hydrogen) atoms. The maximum atomic E-state index is 12.4. The Balaban J connectivity index is 5.03. The van der Waals surface area contributed by atoms with Gasteiger partial charge in [-0.15, -0.1) is 0 Å². The van der Waals surface area contributed by atoms with Gasteiger partial charge in [-0.05, 0) is 24.2 Å². The van der Waals surface area contributed by atoms with Crippen molar-refractivity contribution >= 4 is 17.8 Å². The van der Waals surface area contributed by atoms with Gasteiger partial charge < -0.3 is 26.6 Å². The molecule has 0 bridgehead atoms. The van der Waals surface area contributed by atoms with Gasteiger partial charge >= 0.3 is 5.97 Å². The van der Waals surface area contributed by atoms with E-state index in [0.29, 0.717) is 6.42 Å². The number of amides is 2. The molecule has 8 heteroatoms. The smallest absolute Gasteiger partial charge is 0.326 e. The molecule has 4 atom stereocenters. The van der Waals surface area contributed by atoms with E-state index in [2.05, 4.69) is 10.6 Å². The quantitative estimate of drug-likeness (QED) is 0.374. The van der Waals surface area contributed by atoms with Crippen LogP contribution in [0.2, 0.25) is 0 Å². The fraction of sp³-hybridized carbons (Fsp3) is 0.824. The lowest BCUT2D eigenvalue weighted by Crippen LogP contribution is -2.58. The summed E-state index contributed by atoms with van der Waals surface area (Å²) in [5.74, 6) is -2.87. The van der Waals surface area contributed by atoms with Crippen LogP contribution in [0.25, 0.3) is 0 Å². The monoisotopic (exact) mass is 359 g/mol.